The number of carbonyl (C=O) groups excluding carboxylic acids is 1. The fourth-order valence-electron chi connectivity index (χ4n) is 4.23. The molecule has 5 rings (SSSR count). The highest BCUT2D eigenvalue weighted by Crippen LogP contribution is 2.35. The molecule has 2 aromatic heterocycles. The van der Waals surface area contributed by atoms with Crippen LogP contribution < -0.4 is 15.8 Å². The van der Waals surface area contributed by atoms with Gasteiger partial charge in [-0.15, -0.1) is 0 Å². The molecule has 1 amide bonds. The van der Waals surface area contributed by atoms with Gasteiger partial charge in [-0.2, -0.15) is 0 Å². The predicted molar refractivity (Wildman–Crippen MR) is 157 cm³/mol. The first-order valence-electron chi connectivity index (χ1n) is 13.3. The number of pyridine rings is 1. The maximum absolute atomic E-state index is 14.8. The van der Waals surface area contributed by atoms with Crippen molar-refractivity contribution in [1.29, 1.82) is 0 Å². The van der Waals surface area contributed by atoms with Crippen molar-refractivity contribution in [2.24, 2.45) is 10.7 Å². The SMILES string of the molecule is CC(C)Oc1cc(N=C(N)c2ccccn2)ccc1-c1ccc(C(=O)NCc2ccc(-c3ccc(F)cc3)cc2F)o1. The summed E-state index contributed by atoms with van der Waals surface area (Å²) in [4.78, 5) is 21.5. The van der Waals surface area contributed by atoms with Crippen LogP contribution in [0.2, 0.25) is 0 Å². The highest BCUT2D eigenvalue weighted by molar-refractivity contribution is 5.97. The summed E-state index contributed by atoms with van der Waals surface area (Å²) in [5.41, 5.74) is 9.47. The van der Waals surface area contributed by atoms with Crippen LogP contribution in [0.3, 0.4) is 0 Å². The number of halogens is 2. The third-order valence-electron chi connectivity index (χ3n) is 6.27. The van der Waals surface area contributed by atoms with E-state index in [1.807, 2.05) is 19.9 Å². The number of furan rings is 1. The zero-order valence-corrected chi connectivity index (χ0v) is 23.0. The van der Waals surface area contributed by atoms with Crippen LogP contribution in [0.5, 0.6) is 5.75 Å². The Labute approximate surface area is 241 Å². The molecule has 0 saturated carbocycles. The first-order valence-corrected chi connectivity index (χ1v) is 13.3. The standard InChI is InChI=1S/C33H28F2N4O3/c1-20(2)41-31-18-25(39-32(36)28-5-3-4-16-37-28)12-13-26(31)29-14-15-30(42-29)33(40)38-19-23-7-6-22(17-27(23)35)21-8-10-24(34)11-9-21/h3-18,20H,19H2,1-2H3,(H2,36,39)(H,38,40). The van der Waals surface area contributed by atoms with Gasteiger partial charge in [0.05, 0.1) is 17.4 Å². The number of benzene rings is 3. The number of nitrogens with one attached hydrogen (secondary N) is 1. The van der Waals surface area contributed by atoms with Crippen molar-refractivity contribution in [3.8, 4) is 28.2 Å². The van der Waals surface area contributed by atoms with Gasteiger partial charge in [-0.3, -0.25) is 9.78 Å². The van der Waals surface area contributed by atoms with Crippen LogP contribution in [0, 0.1) is 11.6 Å². The number of rotatable bonds is 9. The number of aliphatic imine (C=N–C) groups is 1. The van der Waals surface area contributed by atoms with Crippen molar-refractivity contribution < 1.29 is 22.7 Å². The maximum atomic E-state index is 14.8. The smallest absolute Gasteiger partial charge is 0.287 e. The first kappa shape index (κ1) is 28.2. The van der Waals surface area contributed by atoms with Crippen LogP contribution in [0.4, 0.5) is 14.5 Å². The second-order valence-corrected chi connectivity index (χ2v) is 9.72. The Morgan fingerprint density at radius 2 is 1.76 bits per heavy atom. The molecule has 0 aliphatic rings. The van der Waals surface area contributed by atoms with Gasteiger partial charge in [-0.1, -0.05) is 30.3 Å². The highest BCUT2D eigenvalue weighted by atomic mass is 19.1. The number of nitrogens with two attached hydrogens (primary N) is 1. The van der Waals surface area contributed by atoms with E-state index in [1.54, 1.807) is 72.9 Å². The number of nitrogens with zero attached hydrogens (tertiary/aromatic N) is 2. The quantitative estimate of drug-likeness (QED) is 0.147. The second kappa shape index (κ2) is 12.5. The van der Waals surface area contributed by atoms with Gasteiger partial charge in [0.25, 0.3) is 5.91 Å². The molecule has 0 aliphatic carbocycles. The van der Waals surface area contributed by atoms with E-state index in [4.69, 9.17) is 14.9 Å². The van der Waals surface area contributed by atoms with E-state index in [1.165, 1.54) is 18.2 Å². The average molecular weight is 567 g/mol. The molecule has 2 heterocycles. The van der Waals surface area contributed by atoms with Gasteiger partial charge in [-0.25, -0.2) is 13.8 Å². The highest BCUT2D eigenvalue weighted by Gasteiger charge is 2.17. The van der Waals surface area contributed by atoms with Crippen molar-refractivity contribution in [3.63, 3.8) is 0 Å². The lowest BCUT2D eigenvalue weighted by atomic mass is 10.0. The largest absolute Gasteiger partial charge is 0.490 e. The van der Waals surface area contributed by atoms with E-state index in [2.05, 4.69) is 15.3 Å². The summed E-state index contributed by atoms with van der Waals surface area (Å²) in [6.45, 7) is 3.75. The minimum absolute atomic E-state index is 0.0451. The summed E-state index contributed by atoms with van der Waals surface area (Å²) in [6.07, 6.45) is 1.50. The topological polar surface area (TPSA) is 103 Å². The molecule has 0 bridgehead atoms. The molecular formula is C33H28F2N4O3. The van der Waals surface area contributed by atoms with Crippen LogP contribution in [-0.2, 0) is 6.54 Å². The number of carbonyl (C=O) groups is 1. The number of aromatic nitrogens is 1. The molecule has 7 nitrogen and oxygen atoms in total. The molecule has 9 heteroatoms. The Hall–Kier alpha value is -5.31. The fraction of sp³-hybridized carbons (Fsp3) is 0.121. The molecule has 0 spiro atoms. The molecule has 5 aromatic rings. The van der Waals surface area contributed by atoms with E-state index >= 15 is 0 Å². The fourth-order valence-corrected chi connectivity index (χ4v) is 4.23. The third-order valence-corrected chi connectivity index (χ3v) is 6.27. The number of ether oxygens (including phenoxy) is 1. The molecule has 3 aromatic carbocycles. The number of amidine groups is 1. The van der Waals surface area contributed by atoms with E-state index in [0.717, 1.165) is 0 Å². The van der Waals surface area contributed by atoms with Gasteiger partial charge >= 0.3 is 0 Å². The molecule has 0 atom stereocenters. The monoisotopic (exact) mass is 566 g/mol. The first-order chi connectivity index (χ1) is 20.3. The summed E-state index contributed by atoms with van der Waals surface area (Å²) in [5.74, 6) is -0.111. The van der Waals surface area contributed by atoms with Crippen LogP contribution in [0.15, 0.2) is 107 Å². The van der Waals surface area contributed by atoms with Crippen molar-refractivity contribution in [1.82, 2.24) is 10.3 Å². The van der Waals surface area contributed by atoms with E-state index in [0.29, 0.717) is 45.1 Å². The van der Waals surface area contributed by atoms with Crippen LogP contribution in [0.25, 0.3) is 22.5 Å². The lowest BCUT2D eigenvalue weighted by Gasteiger charge is -2.14. The van der Waals surface area contributed by atoms with Crippen LogP contribution in [0.1, 0.15) is 35.7 Å². The third kappa shape index (κ3) is 6.69. The van der Waals surface area contributed by atoms with Crippen molar-refractivity contribution in [2.75, 3.05) is 0 Å². The Morgan fingerprint density at radius 3 is 2.48 bits per heavy atom. The Bertz CT molecular complexity index is 1730. The van der Waals surface area contributed by atoms with Crippen molar-refractivity contribution >= 4 is 17.4 Å². The average Bonchev–Trinajstić information content (AvgIpc) is 3.47. The molecule has 3 N–H and O–H groups in total. The molecule has 42 heavy (non-hydrogen) atoms. The lowest BCUT2D eigenvalue weighted by molar-refractivity contribution is 0.0923. The minimum Gasteiger partial charge on any atom is -0.490 e. The van der Waals surface area contributed by atoms with Gasteiger partial charge < -0.3 is 20.2 Å². The molecule has 0 fully saturated rings. The number of hydrogen-bond donors (Lipinski definition) is 2. The van der Waals surface area contributed by atoms with Crippen LogP contribution in [-0.4, -0.2) is 22.8 Å². The van der Waals surface area contributed by atoms with Gasteiger partial charge in [0.2, 0.25) is 0 Å². The van der Waals surface area contributed by atoms with E-state index < -0.39 is 11.7 Å². The summed E-state index contributed by atoms with van der Waals surface area (Å²) in [7, 11) is 0. The number of amides is 1. The van der Waals surface area contributed by atoms with E-state index in [9.17, 15) is 13.6 Å². The Balaban J connectivity index is 1.30. The van der Waals surface area contributed by atoms with Gasteiger partial charge in [0.15, 0.2) is 5.76 Å². The normalized spacial score (nSPS) is 11.5. The molecule has 0 unspecified atom stereocenters. The zero-order valence-electron chi connectivity index (χ0n) is 23.0. The molecule has 0 aliphatic heterocycles. The molecular weight excluding hydrogens is 538 g/mol. The summed E-state index contributed by atoms with van der Waals surface area (Å²) >= 11 is 0. The minimum atomic E-state index is -0.501. The second-order valence-electron chi connectivity index (χ2n) is 9.72. The van der Waals surface area contributed by atoms with Gasteiger partial charge in [-0.05, 0) is 79.6 Å². The van der Waals surface area contributed by atoms with Crippen molar-refractivity contribution in [2.45, 2.75) is 26.5 Å². The summed E-state index contributed by atoms with van der Waals surface area (Å²) in [6, 6.07) is 24.3. The van der Waals surface area contributed by atoms with Gasteiger partial charge in [0, 0.05) is 24.4 Å². The van der Waals surface area contributed by atoms with Crippen LogP contribution >= 0.6 is 0 Å². The number of hydrogen-bond acceptors (Lipinski definition) is 5. The molecule has 0 radical (unpaired) electrons. The van der Waals surface area contributed by atoms with Crippen molar-refractivity contribution in [3.05, 3.63) is 126 Å². The maximum Gasteiger partial charge on any atom is 0.287 e. The lowest BCUT2D eigenvalue weighted by Crippen LogP contribution is -2.22. The van der Waals surface area contributed by atoms with E-state index in [-0.39, 0.29) is 30.1 Å². The predicted octanol–water partition coefficient (Wildman–Crippen LogP) is 7.04. The summed E-state index contributed by atoms with van der Waals surface area (Å²) < 4.78 is 39.8. The summed E-state index contributed by atoms with van der Waals surface area (Å²) in [5, 5.41) is 2.69. The zero-order chi connectivity index (χ0) is 29.6. The molecule has 212 valence electrons. The Kier molecular flexibility index (Phi) is 8.38. The molecule has 0 saturated heterocycles. The van der Waals surface area contributed by atoms with Gasteiger partial charge in [0.1, 0.15) is 34.7 Å². The Morgan fingerprint density at radius 1 is 0.976 bits per heavy atom.